The third-order valence-electron chi connectivity index (χ3n) is 2.87. The van der Waals surface area contributed by atoms with Gasteiger partial charge in [0.1, 0.15) is 11.6 Å². The summed E-state index contributed by atoms with van der Waals surface area (Å²) in [7, 11) is 0. The van der Waals surface area contributed by atoms with Gasteiger partial charge in [-0.05, 0) is 37.3 Å². The van der Waals surface area contributed by atoms with Crippen LogP contribution in [-0.4, -0.2) is 17.6 Å². The number of carbonyl (C=O) groups excluding carboxylic acids is 1. The highest BCUT2D eigenvalue weighted by Crippen LogP contribution is 2.20. The van der Waals surface area contributed by atoms with Crippen LogP contribution in [0.2, 0.25) is 0 Å². The number of rotatable bonds is 5. The third kappa shape index (κ3) is 4.29. The first-order chi connectivity index (χ1) is 10.1. The number of nitrogens with one attached hydrogen (secondary N) is 1. The molecule has 4 nitrogen and oxygen atoms in total. The maximum atomic E-state index is 12.7. The number of carbonyl (C=O) groups is 1. The molecule has 0 saturated heterocycles. The Hall–Kier alpha value is -2.40. The molecule has 0 radical (unpaired) electrons. The molecule has 0 heterocycles. The summed E-state index contributed by atoms with van der Waals surface area (Å²) >= 11 is 0. The third-order valence-corrected chi connectivity index (χ3v) is 2.87. The zero-order valence-electron chi connectivity index (χ0n) is 11.6. The average molecular weight is 289 g/mol. The molecule has 2 aromatic carbocycles. The van der Waals surface area contributed by atoms with Crippen molar-refractivity contribution in [1.29, 1.82) is 0 Å². The van der Waals surface area contributed by atoms with E-state index < -0.39 is 0 Å². The van der Waals surface area contributed by atoms with E-state index >= 15 is 0 Å². The first kappa shape index (κ1) is 15.0. The summed E-state index contributed by atoms with van der Waals surface area (Å²) in [5.41, 5.74) is 2.13. The number of halogens is 1. The Labute approximate surface area is 122 Å². The minimum absolute atomic E-state index is 0.156. The molecule has 0 aliphatic heterocycles. The van der Waals surface area contributed by atoms with Gasteiger partial charge in [-0.1, -0.05) is 17.7 Å². The summed E-state index contributed by atoms with van der Waals surface area (Å²) in [6, 6.07) is 10.8. The van der Waals surface area contributed by atoms with Crippen molar-refractivity contribution < 1.29 is 19.0 Å². The van der Waals surface area contributed by atoms with Crippen LogP contribution in [0.15, 0.2) is 42.5 Å². The second kappa shape index (κ2) is 6.85. The van der Waals surface area contributed by atoms with Crippen LogP contribution in [0.1, 0.15) is 11.1 Å². The van der Waals surface area contributed by atoms with Crippen LogP contribution < -0.4 is 10.1 Å². The van der Waals surface area contributed by atoms with Crippen LogP contribution in [0.5, 0.6) is 5.75 Å². The maximum absolute atomic E-state index is 12.7. The second-order valence-electron chi connectivity index (χ2n) is 4.61. The van der Waals surface area contributed by atoms with Crippen LogP contribution in [0.3, 0.4) is 0 Å². The number of hydrogen-bond donors (Lipinski definition) is 2. The molecule has 2 rings (SSSR count). The predicted octanol–water partition coefficient (Wildman–Crippen LogP) is 2.64. The van der Waals surface area contributed by atoms with Gasteiger partial charge in [0.15, 0.2) is 6.61 Å². The van der Waals surface area contributed by atoms with E-state index in [1.165, 1.54) is 24.3 Å². The molecule has 1 amide bonds. The number of ether oxygens (including phenoxy) is 1. The van der Waals surface area contributed by atoms with E-state index in [2.05, 4.69) is 5.32 Å². The highest BCUT2D eigenvalue weighted by molar-refractivity contribution is 5.91. The number of aliphatic hydroxyl groups is 1. The van der Waals surface area contributed by atoms with Gasteiger partial charge in [-0.15, -0.1) is 0 Å². The standard InChI is InChI=1S/C16H16FNO3/c1-11-2-7-15(12(8-11)9-19)21-10-16(20)18-14-5-3-13(17)4-6-14/h2-8,19H,9-10H2,1H3,(H,18,20). The lowest BCUT2D eigenvalue weighted by Crippen LogP contribution is -2.20. The van der Waals surface area contributed by atoms with E-state index in [0.717, 1.165) is 5.56 Å². The molecule has 5 heteroatoms. The zero-order chi connectivity index (χ0) is 15.2. The summed E-state index contributed by atoms with van der Waals surface area (Å²) in [5.74, 6) is -0.250. The number of aryl methyl sites for hydroxylation is 1. The molecule has 2 N–H and O–H groups in total. The van der Waals surface area contributed by atoms with E-state index in [1.54, 1.807) is 12.1 Å². The first-order valence-corrected chi connectivity index (χ1v) is 6.47. The molecule has 110 valence electrons. The molecule has 0 aliphatic rings. The highest BCUT2D eigenvalue weighted by atomic mass is 19.1. The molecule has 0 bridgehead atoms. The minimum atomic E-state index is -0.364. The first-order valence-electron chi connectivity index (χ1n) is 6.47. The lowest BCUT2D eigenvalue weighted by atomic mass is 10.1. The molecule has 0 spiro atoms. The molecule has 0 unspecified atom stereocenters. The van der Waals surface area contributed by atoms with E-state index in [0.29, 0.717) is 17.0 Å². The number of amides is 1. The van der Waals surface area contributed by atoms with Gasteiger partial charge in [-0.2, -0.15) is 0 Å². The highest BCUT2D eigenvalue weighted by Gasteiger charge is 2.07. The Kier molecular flexibility index (Phi) is 4.90. The molecule has 21 heavy (non-hydrogen) atoms. The molecule has 2 aromatic rings. The predicted molar refractivity (Wildman–Crippen MR) is 77.6 cm³/mol. The van der Waals surface area contributed by atoms with Gasteiger partial charge in [0, 0.05) is 11.3 Å². The Morgan fingerprint density at radius 2 is 1.95 bits per heavy atom. The van der Waals surface area contributed by atoms with Crippen molar-refractivity contribution >= 4 is 11.6 Å². The SMILES string of the molecule is Cc1ccc(OCC(=O)Nc2ccc(F)cc2)c(CO)c1. The van der Waals surface area contributed by atoms with Crippen molar-refractivity contribution in [3.05, 3.63) is 59.4 Å². The average Bonchev–Trinajstić information content (AvgIpc) is 2.48. The number of anilines is 1. The van der Waals surface area contributed by atoms with Gasteiger partial charge in [0.2, 0.25) is 0 Å². The number of hydrogen-bond acceptors (Lipinski definition) is 3. The topological polar surface area (TPSA) is 58.6 Å². The van der Waals surface area contributed by atoms with Crippen molar-refractivity contribution in [2.75, 3.05) is 11.9 Å². The van der Waals surface area contributed by atoms with E-state index in [1.807, 2.05) is 13.0 Å². The largest absolute Gasteiger partial charge is 0.483 e. The number of benzene rings is 2. The summed E-state index contributed by atoms with van der Waals surface area (Å²) in [6.07, 6.45) is 0. The molecule has 0 atom stereocenters. The Balaban J connectivity index is 1.93. The fourth-order valence-corrected chi connectivity index (χ4v) is 1.85. The summed E-state index contributed by atoms with van der Waals surface area (Å²) < 4.78 is 18.1. The van der Waals surface area contributed by atoms with Gasteiger partial charge in [0.05, 0.1) is 6.61 Å². The van der Waals surface area contributed by atoms with Crippen molar-refractivity contribution in [2.45, 2.75) is 13.5 Å². The molecule has 0 fully saturated rings. The maximum Gasteiger partial charge on any atom is 0.262 e. The quantitative estimate of drug-likeness (QED) is 0.889. The summed E-state index contributed by atoms with van der Waals surface area (Å²) in [4.78, 5) is 11.7. The second-order valence-corrected chi connectivity index (χ2v) is 4.61. The normalized spacial score (nSPS) is 10.2. The van der Waals surface area contributed by atoms with E-state index in [9.17, 15) is 14.3 Å². The summed E-state index contributed by atoms with van der Waals surface area (Å²) in [6.45, 7) is 1.56. The smallest absolute Gasteiger partial charge is 0.262 e. The fraction of sp³-hybridized carbons (Fsp3) is 0.188. The van der Waals surface area contributed by atoms with Gasteiger partial charge in [-0.25, -0.2) is 4.39 Å². The Bertz CT molecular complexity index is 626. The van der Waals surface area contributed by atoms with Crippen LogP contribution in [0, 0.1) is 12.7 Å². The van der Waals surface area contributed by atoms with Crippen LogP contribution >= 0.6 is 0 Å². The molecular formula is C16H16FNO3. The Morgan fingerprint density at radius 3 is 2.62 bits per heavy atom. The van der Waals surface area contributed by atoms with Gasteiger partial charge in [-0.3, -0.25) is 4.79 Å². The van der Waals surface area contributed by atoms with Crippen molar-refractivity contribution in [2.24, 2.45) is 0 Å². The van der Waals surface area contributed by atoms with Crippen LogP contribution in [0.25, 0.3) is 0 Å². The van der Waals surface area contributed by atoms with Crippen molar-refractivity contribution in [3.8, 4) is 5.75 Å². The summed E-state index contributed by atoms with van der Waals surface area (Å²) in [5, 5.41) is 11.8. The molecule has 0 aliphatic carbocycles. The monoisotopic (exact) mass is 289 g/mol. The van der Waals surface area contributed by atoms with Crippen molar-refractivity contribution in [1.82, 2.24) is 0 Å². The number of aliphatic hydroxyl groups excluding tert-OH is 1. The molecule has 0 saturated carbocycles. The van der Waals surface area contributed by atoms with Gasteiger partial charge >= 0.3 is 0 Å². The lowest BCUT2D eigenvalue weighted by molar-refractivity contribution is -0.118. The zero-order valence-corrected chi connectivity index (χ0v) is 11.6. The van der Waals surface area contributed by atoms with Crippen molar-refractivity contribution in [3.63, 3.8) is 0 Å². The van der Waals surface area contributed by atoms with Gasteiger partial charge in [0.25, 0.3) is 5.91 Å². The van der Waals surface area contributed by atoms with Crippen LogP contribution in [-0.2, 0) is 11.4 Å². The van der Waals surface area contributed by atoms with Crippen LogP contribution in [0.4, 0.5) is 10.1 Å². The molecular weight excluding hydrogens is 273 g/mol. The lowest BCUT2D eigenvalue weighted by Gasteiger charge is -2.11. The van der Waals surface area contributed by atoms with E-state index in [4.69, 9.17) is 4.74 Å². The fourth-order valence-electron chi connectivity index (χ4n) is 1.85. The minimum Gasteiger partial charge on any atom is -0.483 e. The van der Waals surface area contributed by atoms with E-state index in [-0.39, 0.29) is 24.9 Å². The Morgan fingerprint density at radius 1 is 1.24 bits per heavy atom. The van der Waals surface area contributed by atoms with Gasteiger partial charge < -0.3 is 15.2 Å². The molecule has 0 aromatic heterocycles.